The van der Waals surface area contributed by atoms with Gasteiger partial charge in [0.2, 0.25) is 11.8 Å². The number of hydrogen-bond acceptors (Lipinski definition) is 4. The molecule has 114 valence electrons. The molecule has 2 unspecified atom stereocenters. The first-order valence-corrected chi connectivity index (χ1v) is 6.97. The van der Waals surface area contributed by atoms with Crippen LogP contribution in [0.4, 0.5) is 0 Å². The SMILES string of the molecule is CCC1OCC(=O)C1NC(=O)CCC(C)(C)CC(N)=O. The summed E-state index contributed by atoms with van der Waals surface area (Å²) in [5, 5.41) is 2.73. The highest BCUT2D eigenvalue weighted by Crippen LogP contribution is 2.26. The van der Waals surface area contributed by atoms with E-state index in [1.54, 1.807) is 0 Å². The molecule has 0 aromatic carbocycles. The second-order valence-electron chi connectivity index (χ2n) is 6.08. The van der Waals surface area contributed by atoms with Gasteiger partial charge in [-0.3, -0.25) is 14.4 Å². The molecule has 1 heterocycles. The molecule has 1 aliphatic rings. The highest BCUT2D eigenvalue weighted by molar-refractivity contribution is 5.91. The van der Waals surface area contributed by atoms with E-state index in [9.17, 15) is 14.4 Å². The third-order valence-electron chi connectivity index (χ3n) is 3.56. The fraction of sp³-hybridized carbons (Fsp3) is 0.786. The van der Waals surface area contributed by atoms with Crippen LogP contribution >= 0.6 is 0 Å². The Kier molecular flexibility index (Phi) is 5.68. The summed E-state index contributed by atoms with van der Waals surface area (Å²) in [6.07, 6.45) is 1.50. The van der Waals surface area contributed by atoms with Gasteiger partial charge < -0.3 is 15.8 Å². The summed E-state index contributed by atoms with van der Waals surface area (Å²) < 4.78 is 5.30. The third-order valence-corrected chi connectivity index (χ3v) is 3.56. The van der Waals surface area contributed by atoms with Crippen molar-refractivity contribution in [3.63, 3.8) is 0 Å². The number of carbonyl (C=O) groups is 3. The minimum atomic E-state index is -0.535. The normalized spacial score (nSPS) is 22.9. The summed E-state index contributed by atoms with van der Waals surface area (Å²) in [5.41, 5.74) is 4.85. The van der Waals surface area contributed by atoms with E-state index in [2.05, 4.69) is 5.32 Å². The number of ether oxygens (including phenoxy) is 1. The Morgan fingerprint density at radius 2 is 2.10 bits per heavy atom. The summed E-state index contributed by atoms with van der Waals surface area (Å²) in [7, 11) is 0. The molecule has 1 fully saturated rings. The van der Waals surface area contributed by atoms with Gasteiger partial charge in [0.05, 0.1) is 6.10 Å². The van der Waals surface area contributed by atoms with Gasteiger partial charge in [-0.25, -0.2) is 0 Å². The number of hydrogen-bond donors (Lipinski definition) is 2. The lowest BCUT2D eigenvalue weighted by atomic mass is 9.84. The van der Waals surface area contributed by atoms with Gasteiger partial charge in [-0.15, -0.1) is 0 Å². The fourth-order valence-electron chi connectivity index (χ4n) is 2.37. The Balaban J connectivity index is 2.44. The van der Waals surface area contributed by atoms with E-state index in [-0.39, 0.29) is 48.6 Å². The van der Waals surface area contributed by atoms with Crippen LogP contribution in [0.15, 0.2) is 0 Å². The van der Waals surface area contributed by atoms with Crippen LogP contribution in [0.2, 0.25) is 0 Å². The summed E-state index contributed by atoms with van der Waals surface area (Å²) in [4.78, 5) is 34.5. The summed E-state index contributed by atoms with van der Waals surface area (Å²) in [6, 6.07) is -0.535. The lowest BCUT2D eigenvalue weighted by Crippen LogP contribution is -2.44. The lowest BCUT2D eigenvalue weighted by Gasteiger charge is -2.23. The Hall–Kier alpha value is -1.43. The Bertz CT molecular complexity index is 393. The van der Waals surface area contributed by atoms with E-state index >= 15 is 0 Å². The molecule has 0 bridgehead atoms. The van der Waals surface area contributed by atoms with Crippen molar-refractivity contribution < 1.29 is 19.1 Å². The molecule has 1 rings (SSSR count). The molecular weight excluding hydrogens is 260 g/mol. The van der Waals surface area contributed by atoms with Crippen molar-refractivity contribution in [1.82, 2.24) is 5.32 Å². The predicted octanol–water partition coefficient (Wildman–Crippen LogP) is 0.531. The largest absolute Gasteiger partial charge is 0.370 e. The first-order valence-electron chi connectivity index (χ1n) is 6.97. The second kappa shape index (κ2) is 6.83. The zero-order valence-corrected chi connectivity index (χ0v) is 12.4. The molecule has 3 N–H and O–H groups in total. The van der Waals surface area contributed by atoms with Gasteiger partial charge in [-0.2, -0.15) is 0 Å². The maximum Gasteiger partial charge on any atom is 0.220 e. The number of Topliss-reactive ketones (excluding diaryl/α,β-unsaturated/α-hetero) is 1. The van der Waals surface area contributed by atoms with Crippen molar-refractivity contribution in [3.05, 3.63) is 0 Å². The van der Waals surface area contributed by atoms with Gasteiger partial charge in [-0.1, -0.05) is 20.8 Å². The first-order chi connectivity index (χ1) is 9.25. The van der Waals surface area contributed by atoms with Crippen LogP contribution in [0.1, 0.15) is 46.5 Å². The number of amides is 2. The van der Waals surface area contributed by atoms with Crippen LogP contribution in [-0.2, 0) is 19.1 Å². The molecule has 0 aromatic rings. The topological polar surface area (TPSA) is 98.5 Å². The van der Waals surface area contributed by atoms with Crippen LogP contribution in [0.5, 0.6) is 0 Å². The van der Waals surface area contributed by atoms with Crippen LogP contribution in [0.25, 0.3) is 0 Å². The average Bonchev–Trinajstić information content (AvgIpc) is 2.67. The maximum atomic E-state index is 11.9. The van der Waals surface area contributed by atoms with Crippen molar-refractivity contribution in [3.8, 4) is 0 Å². The highest BCUT2D eigenvalue weighted by atomic mass is 16.5. The van der Waals surface area contributed by atoms with Gasteiger partial charge in [0.15, 0.2) is 5.78 Å². The third kappa shape index (κ3) is 4.92. The number of carbonyl (C=O) groups excluding carboxylic acids is 3. The van der Waals surface area contributed by atoms with E-state index in [4.69, 9.17) is 10.5 Å². The van der Waals surface area contributed by atoms with E-state index in [0.29, 0.717) is 12.8 Å². The molecule has 2 atom stereocenters. The average molecular weight is 284 g/mol. The second-order valence-corrected chi connectivity index (χ2v) is 6.08. The molecule has 0 radical (unpaired) electrons. The highest BCUT2D eigenvalue weighted by Gasteiger charge is 2.35. The summed E-state index contributed by atoms with van der Waals surface area (Å²) in [6.45, 7) is 5.77. The zero-order chi connectivity index (χ0) is 15.3. The standard InChI is InChI=1S/C14H24N2O4/c1-4-10-13(9(17)8-20-10)16-12(19)5-6-14(2,3)7-11(15)18/h10,13H,4-8H2,1-3H3,(H2,15,18)(H,16,19). The molecule has 6 heteroatoms. The van der Waals surface area contributed by atoms with Gasteiger partial charge in [0, 0.05) is 12.8 Å². The molecule has 20 heavy (non-hydrogen) atoms. The molecule has 1 saturated heterocycles. The molecule has 1 aliphatic heterocycles. The summed E-state index contributed by atoms with van der Waals surface area (Å²) >= 11 is 0. The minimum absolute atomic E-state index is 0.0661. The fourth-order valence-corrected chi connectivity index (χ4v) is 2.37. The van der Waals surface area contributed by atoms with Gasteiger partial charge >= 0.3 is 0 Å². The predicted molar refractivity (Wildman–Crippen MR) is 73.8 cm³/mol. The molecule has 0 saturated carbocycles. The number of primary amides is 1. The number of nitrogens with one attached hydrogen (secondary N) is 1. The van der Waals surface area contributed by atoms with Crippen LogP contribution in [-0.4, -0.2) is 36.4 Å². The monoisotopic (exact) mass is 284 g/mol. The van der Waals surface area contributed by atoms with E-state index < -0.39 is 6.04 Å². The van der Waals surface area contributed by atoms with Crippen LogP contribution < -0.4 is 11.1 Å². The Labute approximate surface area is 119 Å². The van der Waals surface area contributed by atoms with Crippen molar-refractivity contribution in [2.24, 2.45) is 11.1 Å². The zero-order valence-electron chi connectivity index (χ0n) is 12.4. The molecule has 0 aromatic heterocycles. The first kappa shape index (κ1) is 16.6. The van der Waals surface area contributed by atoms with Gasteiger partial charge in [0.1, 0.15) is 12.6 Å². The Morgan fingerprint density at radius 1 is 1.45 bits per heavy atom. The van der Waals surface area contributed by atoms with E-state index in [1.165, 1.54) is 0 Å². The van der Waals surface area contributed by atoms with Crippen molar-refractivity contribution in [1.29, 1.82) is 0 Å². The van der Waals surface area contributed by atoms with Gasteiger partial charge in [0.25, 0.3) is 0 Å². The van der Waals surface area contributed by atoms with Crippen molar-refractivity contribution >= 4 is 17.6 Å². The van der Waals surface area contributed by atoms with Crippen LogP contribution in [0, 0.1) is 5.41 Å². The van der Waals surface area contributed by atoms with Crippen molar-refractivity contribution in [2.45, 2.75) is 58.6 Å². The molecule has 0 aliphatic carbocycles. The smallest absolute Gasteiger partial charge is 0.220 e. The quantitative estimate of drug-likeness (QED) is 0.712. The maximum absolute atomic E-state index is 11.9. The number of nitrogens with two attached hydrogens (primary N) is 1. The molecular formula is C14H24N2O4. The van der Waals surface area contributed by atoms with Gasteiger partial charge in [-0.05, 0) is 18.3 Å². The number of ketones is 1. The molecule has 2 amide bonds. The van der Waals surface area contributed by atoms with Crippen LogP contribution in [0.3, 0.4) is 0 Å². The lowest BCUT2D eigenvalue weighted by molar-refractivity contribution is -0.127. The van der Waals surface area contributed by atoms with Crippen molar-refractivity contribution in [2.75, 3.05) is 6.61 Å². The molecule has 6 nitrogen and oxygen atoms in total. The van der Waals surface area contributed by atoms with E-state index in [0.717, 1.165) is 0 Å². The number of rotatable bonds is 7. The Morgan fingerprint density at radius 3 is 2.65 bits per heavy atom. The summed E-state index contributed by atoms with van der Waals surface area (Å²) in [5.74, 6) is -0.646. The molecule has 0 spiro atoms. The minimum Gasteiger partial charge on any atom is -0.370 e. The van der Waals surface area contributed by atoms with E-state index in [1.807, 2.05) is 20.8 Å².